The summed E-state index contributed by atoms with van der Waals surface area (Å²) in [6.07, 6.45) is 5.78. The highest BCUT2D eigenvalue weighted by Gasteiger charge is 2.26. The van der Waals surface area contributed by atoms with Crippen molar-refractivity contribution in [3.63, 3.8) is 0 Å². The molecule has 3 nitrogen and oxygen atoms in total. The van der Waals surface area contributed by atoms with E-state index in [4.69, 9.17) is 0 Å². The molecular formula is C17H32N2O. The van der Waals surface area contributed by atoms with Crippen molar-refractivity contribution in [2.75, 3.05) is 39.3 Å². The first-order chi connectivity index (χ1) is 9.60. The summed E-state index contributed by atoms with van der Waals surface area (Å²) >= 11 is 0. The summed E-state index contributed by atoms with van der Waals surface area (Å²) in [7, 11) is 0. The van der Waals surface area contributed by atoms with Crippen LogP contribution in [-0.2, 0) is 0 Å². The predicted octanol–water partition coefficient (Wildman–Crippen LogP) is 2.37. The first-order valence-electron chi connectivity index (χ1n) is 8.39. The molecule has 116 valence electrons. The van der Waals surface area contributed by atoms with Crippen LogP contribution >= 0.6 is 0 Å². The van der Waals surface area contributed by atoms with Crippen LogP contribution in [0.2, 0.25) is 0 Å². The highest BCUT2D eigenvalue weighted by atomic mass is 16.3. The molecular weight excluding hydrogens is 248 g/mol. The molecule has 0 aromatic heterocycles. The molecule has 2 aliphatic rings. The van der Waals surface area contributed by atoms with E-state index in [1.165, 1.54) is 19.4 Å². The molecule has 0 radical (unpaired) electrons. The maximum absolute atomic E-state index is 9.74. The monoisotopic (exact) mass is 280 g/mol. The Labute approximate surface area is 124 Å². The van der Waals surface area contributed by atoms with E-state index in [1.54, 1.807) is 5.57 Å². The third-order valence-corrected chi connectivity index (χ3v) is 5.22. The smallest absolute Gasteiger partial charge is 0.0664 e. The van der Waals surface area contributed by atoms with Crippen LogP contribution < -0.4 is 0 Å². The van der Waals surface area contributed by atoms with Crippen molar-refractivity contribution in [1.29, 1.82) is 0 Å². The Kier molecular flexibility index (Phi) is 6.06. The zero-order valence-corrected chi connectivity index (χ0v) is 13.5. The minimum absolute atomic E-state index is 0.148. The topological polar surface area (TPSA) is 26.7 Å². The molecule has 1 fully saturated rings. The lowest BCUT2D eigenvalue weighted by Gasteiger charge is -2.39. The number of nitrogens with zero attached hydrogens (tertiary/aromatic N) is 2. The fourth-order valence-electron chi connectivity index (χ4n) is 3.56. The number of rotatable bonds is 5. The number of hydrogen-bond donors (Lipinski definition) is 1. The number of hydrogen-bond acceptors (Lipinski definition) is 3. The van der Waals surface area contributed by atoms with Gasteiger partial charge in [0.1, 0.15) is 0 Å². The highest BCUT2D eigenvalue weighted by molar-refractivity contribution is 5.09. The van der Waals surface area contributed by atoms with E-state index in [2.05, 4.69) is 36.6 Å². The number of β-amino-alcohol motifs (C(OH)–C–C–N with tert-alkyl or cyclic N) is 1. The molecule has 1 aliphatic heterocycles. The molecule has 20 heavy (non-hydrogen) atoms. The summed E-state index contributed by atoms with van der Waals surface area (Å²) in [6.45, 7) is 13.4. The first kappa shape index (κ1) is 16.0. The second kappa shape index (κ2) is 7.58. The van der Waals surface area contributed by atoms with Gasteiger partial charge in [0.2, 0.25) is 0 Å². The Hall–Kier alpha value is -0.380. The predicted molar refractivity (Wildman–Crippen MR) is 84.8 cm³/mol. The Morgan fingerprint density at radius 2 is 1.90 bits per heavy atom. The van der Waals surface area contributed by atoms with Gasteiger partial charge in [-0.3, -0.25) is 4.90 Å². The average Bonchev–Trinajstić information content (AvgIpc) is 2.44. The van der Waals surface area contributed by atoms with Gasteiger partial charge in [0, 0.05) is 39.3 Å². The van der Waals surface area contributed by atoms with Gasteiger partial charge in [-0.15, -0.1) is 0 Å². The lowest BCUT2D eigenvalue weighted by Crippen LogP contribution is -2.50. The fraction of sp³-hybridized carbons (Fsp3) is 0.882. The number of aliphatic hydroxyl groups is 1. The molecule has 1 heterocycles. The number of aliphatic hydroxyl groups excluding tert-OH is 1. The number of allylic oxidation sites excluding steroid dienone is 1. The van der Waals surface area contributed by atoms with Gasteiger partial charge < -0.3 is 10.0 Å². The summed E-state index contributed by atoms with van der Waals surface area (Å²) in [5, 5.41) is 9.74. The van der Waals surface area contributed by atoms with Gasteiger partial charge in [0.25, 0.3) is 0 Å². The normalized spacial score (nSPS) is 31.1. The minimum atomic E-state index is -0.148. The van der Waals surface area contributed by atoms with Crippen molar-refractivity contribution in [3.8, 4) is 0 Å². The van der Waals surface area contributed by atoms with E-state index in [0.717, 1.165) is 51.0 Å². The van der Waals surface area contributed by atoms with E-state index in [0.29, 0.717) is 0 Å². The van der Waals surface area contributed by atoms with Gasteiger partial charge >= 0.3 is 0 Å². The molecule has 0 amide bonds. The average molecular weight is 280 g/mol. The summed E-state index contributed by atoms with van der Waals surface area (Å²) in [4.78, 5) is 5.04. The Balaban J connectivity index is 1.76. The second-order valence-corrected chi connectivity index (χ2v) is 6.77. The fourth-order valence-corrected chi connectivity index (χ4v) is 3.56. The molecule has 0 aromatic rings. The maximum atomic E-state index is 9.74. The van der Waals surface area contributed by atoms with Gasteiger partial charge in [0.05, 0.1) is 6.10 Å². The first-order valence-corrected chi connectivity index (χ1v) is 8.39. The minimum Gasteiger partial charge on any atom is -0.392 e. The molecule has 2 rings (SSSR count). The second-order valence-electron chi connectivity index (χ2n) is 6.77. The molecule has 0 saturated carbocycles. The summed E-state index contributed by atoms with van der Waals surface area (Å²) in [5.41, 5.74) is 1.60. The van der Waals surface area contributed by atoms with Crippen molar-refractivity contribution in [3.05, 3.63) is 11.6 Å². The number of piperazine rings is 1. The molecule has 3 heteroatoms. The Bertz CT molecular complexity index is 321. The summed E-state index contributed by atoms with van der Waals surface area (Å²) in [6, 6.07) is 0. The quantitative estimate of drug-likeness (QED) is 0.783. The van der Waals surface area contributed by atoms with E-state index < -0.39 is 0 Å². The van der Waals surface area contributed by atoms with E-state index in [9.17, 15) is 5.11 Å². The molecule has 0 aromatic carbocycles. The van der Waals surface area contributed by atoms with Crippen LogP contribution in [0.4, 0.5) is 0 Å². The lowest BCUT2D eigenvalue weighted by atomic mass is 9.80. The van der Waals surface area contributed by atoms with Crippen LogP contribution in [0.3, 0.4) is 0 Å². The molecule has 0 spiro atoms. The van der Waals surface area contributed by atoms with Crippen LogP contribution in [0, 0.1) is 11.8 Å². The van der Waals surface area contributed by atoms with Crippen LogP contribution in [0.5, 0.6) is 0 Å². The van der Waals surface area contributed by atoms with Gasteiger partial charge in [0.15, 0.2) is 0 Å². The van der Waals surface area contributed by atoms with Gasteiger partial charge in [-0.05, 0) is 38.0 Å². The third-order valence-electron chi connectivity index (χ3n) is 5.22. The zero-order valence-electron chi connectivity index (χ0n) is 13.5. The third kappa shape index (κ3) is 4.31. The van der Waals surface area contributed by atoms with Gasteiger partial charge in [-0.25, -0.2) is 0 Å². The van der Waals surface area contributed by atoms with Gasteiger partial charge in [-0.2, -0.15) is 0 Å². The molecule has 3 atom stereocenters. The van der Waals surface area contributed by atoms with Crippen molar-refractivity contribution < 1.29 is 5.11 Å². The Morgan fingerprint density at radius 3 is 2.50 bits per heavy atom. The van der Waals surface area contributed by atoms with E-state index in [-0.39, 0.29) is 6.10 Å². The van der Waals surface area contributed by atoms with Crippen molar-refractivity contribution in [2.45, 2.75) is 46.1 Å². The zero-order chi connectivity index (χ0) is 14.5. The summed E-state index contributed by atoms with van der Waals surface area (Å²) < 4.78 is 0. The largest absolute Gasteiger partial charge is 0.392 e. The van der Waals surface area contributed by atoms with Crippen LogP contribution in [0.1, 0.15) is 40.0 Å². The van der Waals surface area contributed by atoms with Gasteiger partial charge in [-0.1, -0.05) is 25.5 Å². The van der Waals surface area contributed by atoms with Crippen LogP contribution in [-0.4, -0.2) is 60.3 Å². The van der Waals surface area contributed by atoms with Crippen molar-refractivity contribution in [1.82, 2.24) is 9.80 Å². The Morgan fingerprint density at radius 1 is 1.25 bits per heavy atom. The van der Waals surface area contributed by atoms with Crippen LogP contribution in [0.15, 0.2) is 11.6 Å². The molecule has 1 aliphatic carbocycles. The van der Waals surface area contributed by atoms with E-state index >= 15 is 0 Å². The summed E-state index contributed by atoms with van der Waals surface area (Å²) in [5.74, 6) is 1.59. The van der Waals surface area contributed by atoms with Crippen molar-refractivity contribution >= 4 is 0 Å². The molecule has 0 unspecified atom stereocenters. The lowest BCUT2D eigenvalue weighted by molar-refractivity contribution is 0.0638. The SMILES string of the molecule is CC[C@H](O)CN1CCN(C[C@@H]2C(C)=CCC[C@@H]2C)CC1. The molecule has 0 bridgehead atoms. The van der Waals surface area contributed by atoms with Crippen molar-refractivity contribution in [2.24, 2.45) is 11.8 Å². The molecule has 1 saturated heterocycles. The highest BCUT2D eigenvalue weighted by Crippen LogP contribution is 2.30. The van der Waals surface area contributed by atoms with E-state index in [1.807, 2.05) is 0 Å². The van der Waals surface area contributed by atoms with Crippen LogP contribution in [0.25, 0.3) is 0 Å². The molecule has 1 N–H and O–H groups in total. The standard InChI is InChI=1S/C17H32N2O/c1-4-16(20)12-18-8-10-19(11-9-18)13-17-14(2)6-5-7-15(17)3/h6,15-17,20H,4-5,7-13H2,1-3H3/t15-,16-,17+/m0/s1. The maximum Gasteiger partial charge on any atom is 0.0664 e.